The summed E-state index contributed by atoms with van der Waals surface area (Å²) in [5.41, 5.74) is 1.26. The van der Waals surface area contributed by atoms with Gasteiger partial charge in [-0.3, -0.25) is 14.5 Å². The van der Waals surface area contributed by atoms with Crippen LogP contribution in [-0.2, 0) is 22.6 Å². The van der Waals surface area contributed by atoms with E-state index in [1.807, 2.05) is 42.2 Å². The number of ether oxygens (including phenoxy) is 1. The van der Waals surface area contributed by atoms with Crippen molar-refractivity contribution in [2.24, 2.45) is 0 Å². The summed E-state index contributed by atoms with van der Waals surface area (Å²) < 4.78 is 6.59. The van der Waals surface area contributed by atoms with E-state index in [9.17, 15) is 9.59 Å². The number of fused-ring (bicyclic) bond motifs is 1. The van der Waals surface area contributed by atoms with Gasteiger partial charge in [-0.25, -0.2) is 4.68 Å². The Balaban J connectivity index is 1.55. The van der Waals surface area contributed by atoms with Crippen LogP contribution < -0.4 is 5.56 Å². The summed E-state index contributed by atoms with van der Waals surface area (Å²) in [6, 6.07) is 16.9. The predicted molar refractivity (Wildman–Crippen MR) is 118 cm³/mol. The van der Waals surface area contributed by atoms with E-state index in [2.05, 4.69) is 15.2 Å². The molecule has 4 rings (SSSR count). The van der Waals surface area contributed by atoms with Gasteiger partial charge in [-0.2, -0.15) is 0 Å². The zero-order chi connectivity index (χ0) is 21.6. The van der Waals surface area contributed by atoms with E-state index in [1.165, 1.54) is 0 Å². The lowest BCUT2D eigenvalue weighted by Crippen LogP contribution is -2.49. The van der Waals surface area contributed by atoms with Crippen LogP contribution in [0.4, 0.5) is 0 Å². The standard InChI is InChI=1S/C23H27N5O3/c1-18(15-26-11-13-31-14-12-26)27(16-19-7-3-2-4-8-19)22(29)17-28-23(30)20-9-5-6-10-21(20)24-25-28/h2-10,18H,11-17H2,1H3. The molecule has 1 unspecified atom stereocenters. The minimum atomic E-state index is -0.306. The molecule has 0 N–H and O–H groups in total. The molecule has 1 aromatic heterocycles. The van der Waals surface area contributed by atoms with E-state index in [1.54, 1.807) is 24.3 Å². The fourth-order valence-corrected chi connectivity index (χ4v) is 3.87. The highest BCUT2D eigenvalue weighted by molar-refractivity contribution is 5.78. The molecule has 2 heterocycles. The Bertz CT molecular complexity index is 1080. The Morgan fingerprint density at radius 2 is 1.81 bits per heavy atom. The monoisotopic (exact) mass is 421 g/mol. The van der Waals surface area contributed by atoms with E-state index in [-0.39, 0.29) is 24.1 Å². The first kappa shape index (κ1) is 21.1. The van der Waals surface area contributed by atoms with Crippen molar-refractivity contribution in [2.45, 2.75) is 26.1 Å². The summed E-state index contributed by atoms with van der Waals surface area (Å²) in [4.78, 5) is 30.3. The lowest BCUT2D eigenvalue weighted by molar-refractivity contribution is -0.135. The minimum Gasteiger partial charge on any atom is -0.379 e. The van der Waals surface area contributed by atoms with Gasteiger partial charge in [0, 0.05) is 32.2 Å². The zero-order valence-electron chi connectivity index (χ0n) is 17.7. The fraction of sp³-hybridized carbons (Fsp3) is 0.391. The highest BCUT2D eigenvalue weighted by Gasteiger charge is 2.24. The second kappa shape index (κ2) is 9.80. The molecule has 2 aromatic carbocycles. The third-order valence-corrected chi connectivity index (χ3v) is 5.59. The van der Waals surface area contributed by atoms with Crippen molar-refractivity contribution >= 4 is 16.8 Å². The third-order valence-electron chi connectivity index (χ3n) is 5.59. The highest BCUT2D eigenvalue weighted by atomic mass is 16.5. The van der Waals surface area contributed by atoms with Crippen molar-refractivity contribution in [1.82, 2.24) is 24.8 Å². The Kier molecular flexibility index (Phi) is 6.69. The van der Waals surface area contributed by atoms with Crippen molar-refractivity contribution in [1.29, 1.82) is 0 Å². The van der Waals surface area contributed by atoms with Gasteiger partial charge < -0.3 is 9.64 Å². The summed E-state index contributed by atoms with van der Waals surface area (Å²) in [7, 11) is 0. The fourth-order valence-electron chi connectivity index (χ4n) is 3.87. The van der Waals surface area contributed by atoms with Crippen LogP contribution in [0.15, 0.2) is 59.4 Å². The summed E-state index contributed by atoms with van der Waals surface area (Å²) in [5, 5.41) is 8.55. The minimum absolute atomic E-state index is 0.0325. The number of hydrogen-bond donors (Lipinski definition) is 0. The molecular weight excluding hydrogens is 394 g/mol. The molecule has 8 nitrogen and oxygen atoms in total. The number of benzene rings is 2. The first-order valence-corrected chi connectivity index (χ1v) is 10.6. The average molecular weight is 422 g/mol. The maximum atomic E-state index is 13.3. The maximum Gasteiger partial charge on any atom is 0.278 e. The Labute approximate surface area is 181 Å². The van der Waals surface area contributed by atoms with Crippen molar-refractivity contribution < 1.29 is 9.53 Å². The third kappa shape index (κ3) is 5.15. The smallest absolute Gasteiger partial charge is 0.278 e. The average Bonchev–Trinajstić information content (AvgIpc) is 2.80. The first-order valence-electron chi connectivity index (χ1n) is 10.6. The van der Waals surface area contributed by atoms with Gasteiger partial charge in [0.05, 0.1) is 18.6 Å². The van der Waals surface area contributed by atoms with Gasteiger partial charge in [0.1, 0.15) is 12.1 Å². The molecule has 1 aliphatic heterocycles. The second-order valence-electron chi connectivity index (χ2n) is 7.84. The van der Waals surface area contributed by atoms with Gasteiger partial charge >= 0.3 is 0 Å². The van der Waals surface area contributed by atoms with Gasteiger partial charge in [0.2, 0.25) is 5.91 Å². The van der Waals surface area contributed by atoms with Crippen LogP contribution >= 0.6 is 0 Å². The van der Waals surface area contributed by atoms with Crippen LogP contribution in [0.3, 0.4) is 0 Å². The van der Waals surface area contributed by atoms with E-state index < -0.39 is 0 Å². The highest BCUT2D eigenvalue weighted by Crippen LogP contribution is 2.12. The molecule has 0 saturated carbocycles. The molecule has 0 aliphatic carbocycles. The predicted octanol–water partition coefficient (Wildman–Crippen LogP) is 1.54. The number of nitrogens with zero attached hydrogens (tertiary/aromatic N) is 5. The number of morpholine rings is 1. The number of carbonyl (C=O) groups excluding carboxylic acids is 1. The normalized spacial score (nSPS) is 15.6. The van der Waals surface area contributed by atoms with Gasteiger partial charge in [0.15, 0.2) is 0 Å². The largest absolute Gasteiger partial charge is 0.379 e. The topological polar surface area (TPSA) is 80.6 Å². The summed E-state index contributed by atoms with van der Waals surface area (Å²) in [5.74, 6) is -0.156. The Morgan fingerprint density at radius 3 is 2.58 bits per heavy atom. The second-order valence-corrected chi connectivity index (χ2v) is 7.84. The van der Waals surface area contributed by atoms with Crippen molar-refractivity contribution in [3.8, 4) is 0 Å². The van der Waals surface area contributed by atoms with Crippen LogP contribution in [0.2, 0.25) is 0 Å². The van der Waals surface area contributed by atoms with Gasteiger partial charge in [-0.05, 0) is 24.6 Å². The molecule has 1 saturated heterocycles. The number of aromatic nitrogens is 3. The molecule has 1 amide bonds. The van der Waals surface area contributed by atoms with Crippen LogP contribution in [0, 0.1) is 0 Å². The quantitative estimate of drug-likeness (QED) is 0.576. The van der Waals surface area contributed by atoms with Crippen LogP contribution in [-0.4, -0.2) is 69.6 Å². The number of hydrogen-bond acceptors (Lipinski definition) is 6. The zero-order valence-corrected chi connectivity index (χ0v) is 17.7. The van der Waals surface area contributed by atoms with Gasteiger partial charge in [-0.1, -0.05) is 47.7 Å². The van der Waals surface area contributed by atoms with E-state index in [4.69, 9.17) is 4.74 Å². The molecule has 1 aliphatic rings. The van der Waals surface area contributed by atoms with Crippen molar-refractivity contribution in [3.05, 3.63) is 70.5 Å². The first-order chi connectivity index (χ1) is 15.1. The molecule has 1 atom stereocenters. The summed E-state index contributed by atoms with van der Waals surface area (Å²) >= 11 is 0. The molecule has 31 heavy (non-hydrogen) atoms. The van der Waals surface area contributed by atoms with Crippen molar-refractivity contribution in [2.75, 3.05) is 32.8 Å². The molecule has 0 spiro atoms. The van der Waals surface area contributed by atoms with Crippen LogP contribution in [0.1, 0.15) is 12.5 Å². The SMILES string of the molecule is CC(CN1CCOCC1)N(Cc1ccccc1)C(=O)Cn1nnc2ccccc2c1=O. The summed E-state index contributed by atoms with van der Waals surface area (Å²) in [6.07, 6.45) is 0. The van der Waals surface area contributed by atoms with E-state index in [0.29, 0.717) is 30.7 Å². The number of carbonyl (C=O) groups is 1. The van der Waals surface area contributed by atoms with Gasteiger partial charge in [0.25, 0.3) is 5.56 Å². The summed E-state index contributed by atoms with van der Waals surface area (Å²) in [6.45, 7) is 6.26. The Hall–Kier alpha value is -3.10. The molecular formula is C23H27N5O3. The molecule has 1 fully saturated rings. The van der Waals surface area contributed by atoms with Crippen molar-refractivity contribution in [3.63, 3.8) is 0 Å². The molecule has 8 heteroatoms. The molecule has 0 bridgehead atoms. The van der Waals surface area contributed by atoms with E-state index in [0.717, 1.165) is 29.9 Å². The number of rotatable bonds is 7. The maximum absolute atomic E-state index is 13.3. The van der Waals surface area contributed by atoms with Crippen LogP contribution in [0.5, 0.6) is 0 Å². The van der Waals surface area contributed by atoms with Gasteiger partial charge in [-0.15, -0.1) is 5.10 Å². The molecule has 0 radical (unpaired) electrons. The lowest BCUT2D eigenvalue weighted by Gasteiger charge is -2.35. The number of amides is 1. The van der Waals surface area contributed by atoms with E-state index >= 15 is 0 Å². The Morgan fingerprint density at radius 1 is 1.10 bits per heavy atom. The molecule has 3 aromatic rings. The lowest BCUT2D eigenvalue weighted by atomic mass is 10.1. The molecule has 162 valence electrons. The van der Waals surface area contributed by atoms with Crippen LogP contribution in [0.25, 0.3) is 10.9 Å².